The van der Waals surface area contributed by atoms with Crippen LogP contribution in [-0.2, 0) is 0 Å². The van der Waals surface area contributed by atoms with E-state index in [1.54, 1.807) is 0 Å². The highest BCUT2D eigenvalue weighted by Gasteiger charge is 2.56. The molecule has 0 aliphatic heterocycles. The molecule has 2 atom stereocenters. The van der Waals surface area contributed by atoms with Crippen molar-refractivity contribution in [2.45, 2.75) is 46.6 Å². The normalized spacial score (nSPS) is 27.9. The second-order valence-corrected chi connectivity index (χ2v) is 5.62. The fourth-order valence-electron chi connectivity index (χ4n) is 2.59. The Balaban J connectivity index is 2.43. The molecule has 0 bridgehead atoms. The van der Waals surface area contributed by atoms with Gasteiger partial charge < -0.3 is 5.73 Å². The molecule has 1 nitrogen and oxygen atoms in total. The molecule has 15 heavy (non-hydrogen) atoms. The molecule has 1 aromatic rings. The van der Waals surface area contributed by atoms with Gasteiger partial charge in [0.15, 0.2) is 0 Å². The van der Waals surface area contributed by atoms with Crippen molar-refractivity contribution in [3.8, 4) is 0 Å². The Bertz CT molecular complexity index is 404. The van der Waals surface area contributed by atoms with Crippen molar-refractivity contribution < 1.29 is 0 Å². The molecule has 2 rings (SSSR count). The molecule has 1 aromatic carbocycles. The van der Waals surface area contributed by atoms with Gasteiger partial charge in [-0.05, 0) is 48.4 Å². The summed E-state index contributed by atoms with van der Waals surface area (Å²) >= 11 is 0. The van der Waals surface area contributed by atoms with Gasteiger partial charge in [-0.3, -0.25) is 0 Å². The molecule has 1 saturated carbocycles. The highest BCUT2D eigenvalue weighted by molar-refractivity contribution is 5.44. The maximum atomic E-state index is 6.13. The Morgan fingerprint density at radius 2 is 1.47 bits per heavy atom. The van der Waals surface area contributed by atoms with Gasteiger partial charge in [-0.2, -0.15) is 0 Å². The standard InChI is InChI=1S/C14H21N/c1-8-6-10(3)11(7-9(8)2)12-13(15)14(12,4)5/h6-7,12-13H,15H2,1-5H3/t12-,13-/m1/s1. The van der Waals surface area contributed by atoms with Crippen molar-refractivity contribution in [3.05, 3.63) is 34.4 Å². The zero-order valence-electron chi connectivity index (χ0n) is 10.4. The van der Waals surface area contributed by atoms with Crippen molar-refractivity contribution in [3.63, 3.8) is 0 Å². The van der Waals surface area contributed by atoms with E-state index in [0.29, 0.717) is 12.0 Å². The fraction of sp³-hybridized carbons (Fsp3) is 0.571. The van der Waals surface area contributed by atoms with Gasteiger partial charge in [-0.1, -0.05) is 26.0 Å². The van der Waals surface area contributed by atoms with Crippen LogP contribution in [0.5, 0.6) is 0 Å². The molecule has 0 unspecified atom stereocenters. The molecule has 0 saturated heterocycles. The lowest BCUT2D eigenvalue weighted by atomic mass is 9.94. The summed E-state index contributed by atoms with van der Waals surface area (Å²) in [6.07, 6.45) is 0. The van der Waals surface area contributed by atoms with Crippen LogP contribution in [0.15, 0.2) is 12.1 Å². The van der Waals surface area contributed by atoms with Gasteiger partial charge in [0.05, 0.1) is 0 Å². The summed E-state index contributed by atoms with van der Waals surface area (Å²) in [7, 11) is 0. The molecule has 0 amide bonds. The van der Waals surface area contributed by atoms with Gasteiger partial charge in [0, 0.05) is 12.0 Å². The lowest BCUT2D eigenvalue weighted by Crippen LogP contribution is -2.06. The minimum Gasteiger partial charge on any atom is -0.327 e. The first-order valence-corrected chi connectivity index (χ1v) is 5.69. The van der Waals surface area contributed by atoms with Crippen LogP contribution < -0.4 is 5.73 Å². The van der Waals surface area contributed by atoms with Crippen molar-refractivity contribution in [2.75, 3.05) is 0 Å². The van der Waals surface area contributed by atoms with Crippen molar-refractivity contribution in [2.24, 2.45) is 11.1 Å². The van der Waals surface area contributed by atoms with Crippen molar-refractivity contribution in [1.82, 2.24) is 0 Å². The molecule has 82 valence electrons. The molecule has 0 spiro atoms. The van der Waals surface area contributed by atoms with E-state index in [0.717, 1.165) is 0 Å². The first kappa shape index (κ1) is 10.7. The Labute approximate surface area is 92.7 Å². The quantitative estimate of drug-likeness (QED) is 0.746. The van der Waals surface area contributed by atoms with Crippen LogP contribution in [0.4, 0.5) is 0 Å². The Kier molecular flexibility index (Phi) is 2.20. The van der Waals surface area contributed by atoms with Gasteiger partial charge in [0.2, 0.25) is 0 Å². The number of hydrogen-bond acceptors (Lipinski definition) is 1. The predicted octanol–water partition coefficient (Wildman–Crippen LogP) is 3.06. The maximum Gasteiger partial charge on any atom is 0.0172 e. The van der Waals surface area contributed by atoms with E-state index >= 15 is 0 Å². The number of aryl methyl sites for hydroxylation is 3. The molecule has 1 fully saturated rings. The number of hydrogen-bond donors (Lipinski definition) is 1. The number of benzene rings is 1. The van der Waals surface area contributed by atoms with Gasteiger partial charge in [0.25, 0.3) is 0 Å². The second kappa shape index (κ2) is 3.08. The van der Waals surface area contributed by atoms with Gasteiger partial charge in [-0.15, -0.1) is 0 Å². The zero-order valence-corrected chi connectivity index (χ0v) is 10.4. The van der Waals surface area contributed by atoms with E-state index in [9.17, 15) is 0 Å². The molecule has 2 N–H and O–H groups in total. The zero-order chi connectivity index (χ0) is 11.4. The monoisotopic (exact) mass is 203 g/mol. The molecular weight excluding hydrogens is 182 g/mol. The molecular formula is C14H21N. The van der Waals surface area contributed by atoms with Crippen molar-refractivity contribution in [1.29, 1.82) is 0 Å². The summed E-state index contributed by atoms with van der Waals surface area (Å²) < 4.78 is 0. The summed E-state index contributed by atoms with van der Waals surface area (Å²) in [4.78, 5) is 0. The first-order chi connectivity index (χ1) is 6.85. The topological polar surface area (TPSA) is 26.0 Å². The van der Waals surface area contributed by atoms with Crippen LogP contribution in [0.2, 0.25) is 0 Å². The Hall–Kier alpha value is -0.820. The summed E-state index contributed by atoms with van der Waals surface area (Å²) in [6.45, 7) is 11.1. The minimum absolute atomic E-state index is 0.284. The van der Waals surface area contributed by atoms with Crippen LogP contribution in [0.25, 0.3) is 0 Å². The fourth-order valence-corrected chi connectivity index (χ4v) is 2.59. The van der Waals surface area contributed by atoms with E-state index < -0.39 is 0 Å². The predicted molar refractivity (Wildman–Crippen MR) is 65.2 cm³/mol. The van der Waals surface area contributed by atoms with Crippen LogP contribution in [0, 0.1) is 26.2 Å². The lowest BCUT2D eigenvalue weighted by molar-refractivity contribution is 0.598. The first-order valence-electron chi connectivity index (χ1n) is 5.69. The van der Waals surface area contributed by atoms with Crippen LogP contribution in [0.1, 0.15) is 42.0 Å². The minimum atomic E-state index is 0.284. The molecule has 0 heterocycles. The molecule has 1 aliphatic rings. The third-order valence-electron chi connectivity index (χ3n) is 4.13. The molecule has 1 heteroatoms. The van der Waals surface area contributed by atoms with E-state index in [-0.39, 0.29) is 5.41 Å². The average molecular weight is 203 g/mol. The van der Waals surface area contributed by atoms with Crippen LogP contribution >= 0.6 is 0 Å². The summed E-state index contributed by atoms with van der Waals surface area (Å²) in [5, 5.41) is 0. The highest BCUT2D eigenvalue weighted by atomic mass is 14.8. The highest BCUT2D eigenvalue weighted by Crippen LogP contribution is 2.58. The Morgan fingerprint density at radius 3 is 1.93 bits per heavy atom. The summed E-state index contributed by atoms with van der Waals surface area (Å²) in [5.74, 6) is 0.553. The van der Waals surface area contributed by atoms with Crippen LogP contribution in [-0.4, -0.2) is 6.04 Å². The second-order valence-electron chi connectivity index (χ2n) is 5.62. The largest absolute Gasteiger partial charge is 0.327 e. The number of nitrogens with two attached hydrogens (primary N) is 1. The van der Waals surface area contributed by atoms with E-state index in [1.165, 1.54) is 22.3 Å². The molecule has 0 aromatic heterocycles. The van der Waals surface area contributed by atoms with Gasteiger partial charge in [-0.25, -0.2) is 0 Å². The average Bonchev–Trinajstić information content (AvgIpc) is 2.60. The Morgan fingerprint density at radius 1 is 1.00 bits per heavy atom. The van der Waals surface area contributed by atoms with Gasteiger partial charge in [0.1, 0.15) is 0 Å². The van der Waals surface area contributed by atoms with E-state index in [2.05, 4.69) is 46.8 Å². The third kappa shape index (κ3) is 1.50. The summed E-state index contributed by atoms with van der Waals surface area (Å²) in [5.41, 5.74) is 12.0. The number of rotatable bonds is 1. The van der Waals surface area contributed by atoms with E-state index in [4.69, 9.17) is 5.73 Å². The van der Waals surface area contributed by atoms with Crippen LogP contribution in [0.3, 0.4) is 0 Å². The van der Waals surface area contributed by atoms with E-state index in [1.807, 2.05) is 0 Å². The molecule has 1 aliphatic carbocycles. The maximum absolute atomic E-state index is 6.13. The SMILES string of the molecule is Cc1cc(C)c([C@@H]2[C@@H](N)C2(C)C)cc1C. The molecule has 0 radical (unpaired) electrons. The summed E-state index contributed by atoms with van der Waals surface area (Å²) in [6, 6.07) is 4.94. The third-order valence-corrected chi connectivity index (χ3v) is 4.13. The van der Waals surface area contributed by atoms with Gasteiger partial charge >= 0.3 is 0 Å². The van der Waals surface area contributed by atoms with Crippen molar-refractivity contribution >= 4 is 0 Å². The lowest BCUT2D eigenvalue weighted by Gasteiger charge is -2.10. The smallest absolute Gasteiger partial charge is 0.0172 e.